The molecule has 4 aromatic rings. The fourth-order valence-electron chi connectivity index (χ4n) is 4.60. The lowest BCUT2D eigenvalue weighted by Crippen LogP contribution is -2.42. The van der Waals surface area contributed by atoms with Gasteiger partial charge < -0.3 is 9.84 Å². The van der Waals surface area contributed by atoms with Gasteiger partial charge in [0.2, 0.25) is 0 Å². The van der Waals surface area contributed by atoms with Gasteiger partial charge in [-0.05, 0) is 42.0 Å². The molecule has 0 aliphatic rings. The maximum atomic E-state index is 12.7. The molecule has 1 N–H and O–H groups in total. The number of carboxylic acids is 1. The van der Waals surface area contributed by atoms with Gasteiger partial charge in [-0.2, -0.15) is 0 Å². The summed E-state index contributed by atoms with van der Waals surface area (Å²) < 4.78 is 5.81. The van der Waals surface area contributed by atoms with Crippen molar-refractivity contribution >= 4 is 29.1 Å². The molecule has 0 heterocycles. The van der Waals surface area contributed by atoms with Gasteiger partial charge in [-0.3, -0.25) is 0 Å². The van der Waals surface area contributed by atoms with Gasteiger partial charge in [-0.25, -0.2) is 4.79 Å². The van der Waals surface area contributed by atoms with E-state index in [1.54, 1.807) is 0 Å². The Labute approximate surface area is 196 Å². The summed E-state index contributed by atoms with van der Waals surface area (Å²) in [7, 11) is -0.672. The Balaban J connectivity index is 1.91. The normalized spacial score (nSPS) is 13.2. The lowest BCUT2D eigenvalue weighted by Gasteiger charge is -2.33. The number of aliphatic carboxylic acids is 1. The van der Waals surface area contributed by atoms with Crippen molar-refractivity contribution in [3.63, 3.8) is 0 Å². The van der Waals surface area contributed by atoms with Gasteiger partial charge in [-0.15, -0.1) is 0 Å². The first-order valence-corrected chi connectivity index (χ1v) is 13.0. The Morgan fingerprint density at radius 3 is 1.39 bits per heavy atom. The zero-order chi connectivity index (χ0) is 23.2. The van der Waals surface area contributed by atoms with E-state index in [4.69, 9.17) is 4.74 Å². The highest BCUT2D eigenvalue weighted by Gasteiger charge is 2.50. The highest BCUT2D eigenvalue weighted by Crippen LogP contribution is 2.57. The number of carboxylic acid groups (broad SMARTS) is 1. The third-order valence-corrected chi connectivity index (χ3v) is 10.8. The van der Waals surface area contributed by atoms with Crippen LogP contribution in [-0.2, 0) is 15.1 Å². The van der Waals surface area contributed by atoms with Crippen LogP contribution in [0.25, 0.3) is 0 Å². The highest BCUT2D eigenvalue weighted by atomic mass is 31.2. The van der Waals surface area contributed by atoms with Crippen LogP contribution in [0.3, 0.4) is 0 Å². The van der Waals surface area contributed by atoms with Gasteiger partial charge in [0.25, 0.3) is 0 Å². The predicted molar refractivity (Wildman–Crippen MR) is 137 cm³/mol. The second-order valence-electron chi connectivity index (χ2n) is 7.99. The zero-order valence-electron chi connectivity index (χ0n) is 18.7. The molecular weight excluding hydrogens is 427 g/mol. The first-order valence-electron chi connectivity index (χ1n) is 11.0. The lowest BCUT2D eigenvalue weighted by molar-refractivity contribution is -0.164. The molecule has 0 amide bonds. The molecule has 0 aromatic heterocycles. The average Bonchev–Trinajstić information content (AvgIpc) is 2.89. The van der Waals surface area contributed by atoms with Gasteiger partial charge in [0.1, 0.15) is 23.2 Å². The van der Waals surface area contributed by atoms with Crippen LogP contribution in [0.1, 0.15) is 12.0 Å². The van der Waals surface area contributed by atoms with Crippen LogP contribution in [0.2, 0.25) is 0 Å². The van der Waals surface area contributed by atoms with Crippen molar-refractivity contribution in [1.82, 2.24) is 0 Å². The van der Waals surface area contributed by atoms with E-state index in [0.29, 0.717) is 18.1 Å². The van der Waals surface area contributed by atoms with Crippen LogP contribution in [0.4, 0.5) is 0 Å². The van der Waals surface area contributed by atoms with Crippen LogP contribution in [0.5, 0.6) is 0 Å². The predicted octanol–water partition coefficient (Wildman–Crippen LogP) is 5.00. The van der Waals surface area contributed by atoms with E-state index in [1.165, 1.54) is 23.0 Å². The second kappa shape index (κ2) is 10.1. The maximum Gasteiger partial charge on any atom is 0.340 e. The molecule has 0 radical (unpaired) electrons. The number of methoxy groups -OCH3 is 1. The second-order valence-corrected chi connectivity index (χ2v) is 11.6. The molecule has 0 unspecified atom stereocenters. The van der Waals surface area contributed by atoms with Gasteiger partial charge in [0.05, 0.1) is 6.16 Å². The minimum Gasteiger partial charge on any atom is -0.479 e. The molecule has 4 aromatic carbocycles. The summed E-state index contributed by atoms with van der Waals surface area (Å²) in [6, 6.07) is 40.8. The van der Waals surface area contributed by atoms with E-state index in [9.17, 15) is 9.90 Å². The van der Waals surface area contributed by atoms with E-state index in [1.807, 2.05) is 48.5 Å². The van der Waals surface area contributed by atoms with E-state index in [2.05, 4.69) is 72.8 Å². The Bertz CT molecular complexity index is 1070. The molecule has 1 atom stereocenters. The fraction of sp³-hybridized carbons (Fsp3) is 0.138. The maximum absolute atomic E-state index is 12.7. The summed E-state index contributed by atoms with van der Waals surface area (Å²) in [5, 5.41) is 14.1. The molecule has 166 valence electrons. The largest absolute Gasteiger partial charge is 0.479 e. The van der Waals surface area contributed by atoms with Crippen molar-refractivity contribution < 1.29 is 14.6 Å². The topological polar surface area (TPSA) is 46.5 Å². The third kappa shape index (κ3) is 4.35. The molecule has 0 spiro atoms. The highest BCUT2D eigenvalue weighted by molar-refractivity contribution is 7.95. The zero-order valence-corrected chi connectivity index (χ0v) is 19.6. The number of benzene rings is 4. The Hall–Kier alpha value is -3.26. The van der Waals surface area contributed by atoms with Gasteiger partial charge in [0.15, 0.2) is 5.60 Å². The SMILES string of the molecule is CO[C@](CC[P+](c1ccccc1)(c1ccccc1)c1ccccc1)(C(=O)O)c1ccccc1. The number of hydrogen-bond acceptors (Lipinski definition) is 2. The van der Waals surface area contributed by atoms with E-state index in [0.717, 1.165) is 0 Å². The quantitative estimate of drug-likeness (QED) is 0.362. The Morgan fingerprint density at radius 2 is 1.06 bits per heavy atom. The van der Waals surface area contributed by atoms with Crippen LogP contribution in [0.15, 0.2) is 121 Å². The molecule has 4 rings (SSSR count). The monoisotopic (exact) mass is 455 g/mol. The number of ether oxygens (including phenoxy) is 1. The van der Waals surface area contributed by atoms with E-state index < -0.39 is 18.8 Å². The van der Waals surface area contributed by atoms with Crippen LogP contribution in [-0.4, -0.2) is 24.3 Å². The van der Waals surface area contributed by atoms with Crippen molar-refractivity contribution in [3.8, 4) is 0 Å². The first-order chi connectivity index (χ1) is 16.1. The van der Waals surface area contributed by atoms with Gasteiger partial charge >= 0.3 is 5.97 Å². The van der Waals surface area contributed by atoms with Crippen LogP contribution in [0, 0.1) is 0 Å². The molecule has 0 saturated heterocycles. The molecular formula is C29H28O3P+. The van der Waals surface area contributed by atoms with E-state index in [-0.39, 0.29) is 0 Å². The van der Waals surface area contributed by atoms with Crippen molar-refractivity contribution in [2.24, 2.45) is 0 Å². The summed E-state index contributed by atoms with van der Waals surface area (Å²) >= 11 is 0. The number of carbonyl (C=O) groups is 1. The van der Waals surface area contributed by atoms with Crippen molar-refractivity contribution in [2.75, 3.05) is 13.3 Å². The third-order valence-electron chi connectivity index (χ3n) is 6.32. The molecule has 0 fully saturated rings. The average molecular weight is 456 g/mol. The lowest BCUT2D eigenvalue weighted by atomic mass is 9.91. The standard InChI is InChI=1S/C29H27O3P/c1-32-29(28(30)31,24-14-6-2-7-15-24)22-23-33(25-16-8-3-9-17-25,26-18-10-4-11-19-26)27-20-12-5-13-21-27/h2-21H,22-23H2,1H3/p+1/t29-/m0/s1. The molecule has 4 heteroatoms. The smallest absolute Gasteiger partial charge is 0.340 e. The minimum absolute atomic E-state index is 0.343. The Kier molecular flexibility index (Phi) is 7.03. The van der Waals surface area contributed by atoms with Gasteiger partial charge in [-0.1, -0.05) is 84.9 Å². The number of hydrogen-bond donors (Lipinski definition) is 1. The van der Waals surface area contributed by atoms with Crippen LogP contribution < -0.4 is 15.9 Å². The van der Waals surface area contributed by atoms with Crippen LogP contribution >= 0.6 is 7.26 Å². The summed E-state index contributed by atoms with van der Waals surface area (Å²) in [5.74, 6) is -0.969. The minimum atomic E-state index is -2.17. The van der Waals surface area contributed by atoms with Crippen molar-refractivity contribution in [3.05, 3.63) is 127 Å². The molecule has 0 bridgehead atoms. The fourth-order valence-corrected chi connectivity index (χ4v) is 8.96. The van der Waals surface area contributed by atoms with E-state index >= 15 is 0 Å². The first kappa shape index (κ1) is 22.9. The molecule has 33 heavy (non-hydrogen) atoms. The Morgan fingerprint density at radius 1 is 0.697 bits per heavy atom. The number of rotatable bonds is 9. The molecule has 0 saturated carbocycles. The molecule has 0 aliphatic carbocycles. The summed E-state index contributed by atoms with van der Waals surface area (Å²) in [4.78, 5) is 12.7. The van der Waals surface area contributed by atoms with Crippen molar-refractivity contribution in [1.29, 1.82) is 0 Å². The summed E-state index contributed by atoms with van der Waals surface area (Å²) in [6.07, 6.45) is 0.995. The summed E-state index contributed by atoms with van der Waals surface area (Å²) in [5.41, 5.74) is -0.766. The summed E-state index contributed by atoms with van der Waals surface area (Å²) in [6.45, 7) is 0. The van der Waals surface area contributed by atoms with Crippen molar-refractivity contribution in [2.45, 2.75) is 12.0 Å². The molecule has 0 aliphatic heterocycles. The van der Waals surface area contributed by atoms with Gasteiger partial charge in [0, 0.05) is 13.5 Å². The molecule has 3 nitrogen and oxygen atoms in total.